The zero-order valence-electron chi connectivity index (χ0n) is 13.9. The maximum atomic E-state index is 13.7. The molecule has 1 N–H and O–H groups in total. The summed E-state index contributed by atoms with van der Waals surface area (Å²) in [7, 11) is 3.11. The highest BCUT2D eigenvalue weighted by Crippen LogP contribution is 2.33. The van der Waals surface area contributed by atoms with Gasteiger partial charge in [0.1, 0.15) is 17.3 Å². The minimum Gasteiger partial charge on any atom is -0.493 e. The number of nitrogens with zero attached hydrogens (tertiary/aromatic N) is 1. The first kappa shape index (κ1) is 17.0. The fourth-order valence-electron chi connectivity index (χ4n) is 2.86. The van der Waals surface area contributed by atoms with E-state index in [1.165, 1.54) is 11.0 Å². The predicted molar refractivity (Wildman–Crippen MR) is 89.0 cm³/mol. The molecule has 2 aromatic rings. The van der Waals surface area contributed by atoms with Crippen LogP contribution in [0.15, 0.2) is 30.3 Å². The van der Waals surface area contributed by atoms with Gasteiger partial charge in [0.25, 0.3) is 0 Å². The Hall–Kier alpha value is -2.83. The van der Waals surface area contributed by atoms with Gasteiger partial charge in [-0.15, -0.1) is 0 Å². The molecule has 0 unspecified atom stereocenters. The molecular weight excluding hydrogens is 330 g/mol. The summed E-state index contributed by atoms with van der Waals surface area (Å²) >= 11 is 0. The molecule has 0 aliphatic carbocycles. The number of benzene rings is 2. The Balaban J connectivity index is 1.79. The van der Waals surface area contributed by atoms with E-state index in [9.17, 15) is 13.6 Å². The number of para-hydroxylation sites is 1. The van der Waals surface area contributed by atoms with Crippen molar-refractivity contribution in [2.24, 2.45) is 0 Å². The summed E-state index contributed by atoms with van der Waals surface area (Å²) in [5, 5.41) is 2.31. The molecule has 2 amide bonds. The number of halogens is 2. The molecule has 0 aromatic heterocycles. The van der Waals surface area contributed by atoms with Gasteiger partial charge >= 0.3 is 6.03 Å². The van der Waals surface area contributed by atoms with Gasteiger partial charge in [-0.25, -0.2) is 13.6 Å². The van der Waals surface area contributed by atoms with Gasteiger partial charge in [-0.2, -0.15) is 0 Å². The third-order valence-corrected chi connectivity index (χ3v) is 4.20. The van der Waals surface area contributed by atoms with Gasteiger partial charge in [0.05, 0.1) is 14.2 Å². The summed E-state index contributed by atoms with van der Waals surface area (Å²) in [6.07, 6.45) is 0.614. The molecule has 1 heterocycles. The fraction of sp³-hybridized carbons (Fsp3) is 0.278. The second kappa shape index (κ2) is 6.96. The predicted octanol–water partition coefficient (Wildman–Crippen LogP) is 3.57. The van der Waals surface area contributed by atoms with Gasteiger partial charge in [0.2, 0.25) is 0 Å². The molecule has 5 nitrogen and oxygen atoms in total. The number of hydrogen-bond acceptors (Lipinski definition) is 3. The lowest BCUT2D eigenvalue weighted by Crippen LogP contribution is -2.39. The topological polar surface area (TPSA) is 50.8 Å². The van der Waals surface area contributed by atoms with Gasteiger partial charge < -0.3 is 19.7 Å². The SMILES string of the molecule is COc1cc2c(cc1OC)CN(C(=O)Nc1c(F)cccc1F)CC2. The summed E-state index contributed by atoms with van der Waals surface area (Å²) in [5.41, 5.74) is 1.53. The van der Waals surface area contributed by atoms with Crippen LogP contribution in [0, 0.1) is 11.6 Å². The summed E-state index contributed by atoms with van der Waals surface area (Å²) in [6, 6.07) is 6.60. The Kier molecular flexibility index (Phi) is 4.74. The molecule has 0 radical (unpaired) electrons. The first-order valence-corrected chi connectivity index (χ1v) is 7.77. The highest BCUT2D eigenvalue weighted by molar-refractivity contribution is 5.89. The normalized spacial score (nSPS) is 13.2. The van der Waals surface area contributed by atoms with E-state index in [-0.39, 0.29) is 0 Å². The van der Waals surface area contributed by atoms with Crippen LogP contribution >= 0.6 is 0 Å². The zero-order valence-corrected chi connectivity index (χ0v) is 13.9. The smallest absolute Gasteiger partial charge is 0.322 e. The molecule has 0 bridgehead atoms. The number of carbonyl (C=O) groups is 1. The molecule has 132 valence electrons. The van der Waals surface area contributed by atoms with Crippen LogP contribution in [-0.2, 0) is 13.0 Å². The highest BCUT2D eigenvalue weighted by atomic mass is 19.1. The second-order valence-electron chi connectivity index (χ2n) is 5.67. The molecule has 1 aliphatic heterocycles. The zero-order chi connectivity index (χ0) is 18.0. The summed E-state index contributed by atoms with van der Waals surface area (Å²) < 4.78 is 38.0. The van der Waals surface area contributed by atoms with Crippen molar-refractivity contribution in [1.29, 1.82) is 0 Å². The summed E-state index contributed by atoms with van der Waals surface area (Å²) in [5.74, 6) is -0.412. The highest BCUT2D eigenvalue weighted by Gasteiger charge is 2.24. The lowest BCUT2D eigenvalue weighted by molar-refractivity contribution is 0.206. The molecule has 0 fully saturated rings. The van der Waals surface area contributed by atoms with E-state index in [0.717, 1.165) is 23.3 Å². The summed E-state index contributed by atoms with van der Waals surface area (Å²) in [6.45, 7) is 0.752. The molecule has 3 rings (SSSR count). The molecule has 1 aliphatic rings. The molecule has 2 aromatic carbocycles. The van der Waals surface area contributed by atoms with Crippen molar-refractivity contribution < 1.29 is 23.0 Å². The van der Waals surface area contributed by atoms with Crippen LogP contribution < -0.4 is 14.8 Å². The lowest BCUT2D eigenvalue weighted by atomic mass is 9.99. The van der Waals surface area contributed by atoms with E-state index < -0.39 is 23.4 Å². The third-order valence-electron chi connectivity index (χ3n) is 4.20. The molecule has 0 spiro atoms. The van der Waals surface area contributed by atoms with Gasteiger partial charge in [0.15, 0.2) is 11.5 Å². The Labute approximate surface area is 144 Å². The minimum absolute atomic E-state index is 0.317. The van der Waals surface area contributed by atoms with Crippen molar-refractivity contribution >= 4 is 11.7 Å². The van der Waals surface area contributed by atoms with Crippen molar-refractivity contribution in [2.45, 2.75) is 13.0 Å². The Morgan fingerprint density at radius 1 is 1.08 bits per heavy atom. The van der Waals surface area contributed by atoms with E-state index in [1.807, 2.05) is 12.1 Å². The maximum absolute atomic E-state index is 13.7. The van der Waals surface area contributed by atoms with Crippen LogP contribution in [0.3, 0.4) is 0 Å². The van der Waals surface area contributed by atoms with Crippen LogP contribution in [-0.4, -0.2) is 31.7 Å². The number of urea groups is 1. The number of methoxy groups -OCH3 is 2. The largest absolute Gasteiger partial charge is 0.493 e. The van der Waals surface area contributed by atoms with Crippen molar-refractivity contribution in [3.63, 3.8) is 0 Å². The van der Waals surface area contributed by atoms with Crippen LogP contribution in [0.25, 0.3) is 0 Å². The lowest BCUT2D eigenvalue weighted by Gasteiger charge is -2.29. The maximum Gasteiger partial charge on any atom is 0.322 e. The average molecular weight is 348 g/mol. The number of hydrogen-bond donors (Lipinski definition) is 1. The van der Waals surface area contributed by atoms with Crippen LogP contribution in [0.4, 0.5) is 19.3 Å². The van der Waals surface area contributed by atoms with E-state index in [4.69, 9.17) is 9.47 Å². The van der Waals surface area contributed by atoms with Gasteiger partial charge in [-0.3, -0.25) is 0 Å². The second-order valence-corrected chi connectivity index (χ2v) is 5.67. The monoisotopic (exact) mass is 348 g/mol. The van der Waals surface area contributed by atoms with Gasteiger partial charge in [-0.1, -0.05) is 6.07 Å². The average Bonchev–Trinajstić information content (AvgIpc) is 2.62. The molecule has 0 saturated heterocycles. The number of rotatable bonds is 3. The van der Waals surface area contributed by atoms with E-state index in [2.05, 4.69) is 5.32 Å². The van der Waals surface area contributed by atoms with Crippen molar-refractivity contribution in [3.8, 4) is 11.5 Å². The first-order valence-electron chi connectivity index (χ1n) is 7.77. The Morgan fingerprint density at radius 2 is 1.68 bits per heavy atom. The van der Waals surface area contributed by atoms with Crippen LogP contribution in [0.5, 0.6) is 11.5 Å². The number of nitrogens with one attached hydrogen (secondary N) is 1. The van der Waals surface area contributed by atoms with E-state index in [1.54, 1.807) is 14.2 Å². The molecule has 25 heavy (non-hydrogen) atoms. The number of amides is 2. The van der Waals surface area contributed by atoms with Crippen molar-refractivity contribution in [1.82, 2.24) is 4.90 Å². The first-order chi connectivity index (χ1) is 12.0. The fourth-order valence-corrected chi connectivity index (χ4v) is 2.86. The van der Waals surface area contributed by atoms with E-state index in [0.29, 0.717) is 31.0 Å². The molecule has 7 heteroatoms. The van der Waals surface area contributed by atoms with Crippen LogP contribution in [0.2, 0.25) is 0 Å². The molecule has 0 atom stereocenters. The third kappa shape index (κ3) is 3.35. The van der Waals surface area contributed by atoms with Crippen LogP contribution in [0.1, 0.15) is 11.1 Å². The quantitative estimate of drug-likeness (QED) is 0.923. The summed E-state index contributed by atoms with van der Waals surface area (Å²) in [4.78, 5) is 13.9. The van der Waals surface area contributed by atoms with Crippen molar-refractivity contribution in [3.05, 3.63) is 53.1 Å². The molecule has 0 saturated carbocycles. The number of carbonyl (C=O) groups excluding carboxylic acids is 1. The van der Waals surface area contributed by atoms with Crippen molar-refractivity contribution in [2.75, 3.05) is 26.1 Å². The van der Waals surface area contributed by atoms with Gasteiger partial charge in [0, 0.05) is 13.1 Å². The standard InChI is InChI=1S/C18H18F2N2O3/c1-24-15-8-11-6-7-22(10-12(11)9-16(15)25-2)18(23)21-17-13(19)4-3-5-14(17)20/h3-5,8-9H,6-7,10H2,1-2H3,(H,21,23). The number of ether oxygens (including phenoxy) is 2. The number of anilines is 1. The molecular formula is C18H18F2N2O3. The van der Waals surface area contributed by atoms with E-state index >= 15 is 0 Å². The Bertz CT molecular complexity index is 791. The minimum atomic E-state index is -0.808. The van der Waals surface area contributed by atoms with Gasteiger partial charge in [-0.05, 0) is 41.8 Å². The number of fused-ring (bicyclic) bond motifs is 1. The Morgan fingerprint density at radius 3 is 2.28 bits per heavy atom.